The number of thioether (sulfide) groups is 1. The maximum atomic E-state index is 13.0. The van der Waals surface area contributed by atoms with E-state index in [1.54, 1.807) is 0 Å². The van der Waals surface area contributed by atoms with Crippen LogP contribution in [0.15, 0.2) is 11.6 Å². The van der Waals surface area contributed by atoms with Crippen molar-refractivity contribution in [3.63, 3.8) is 0 Å². The highest BCUT2D eigenvalue weighted by Crippen LogP contribution is 2.69. The molecule has 0 aliphatic heterocycles. The maximum Gasteiger partial charge on any atom is 0.453 e. The lowest BCUT2D eigenvalue weighted by molar-refractivity contribution is -0.284. The predicted molar refractivity (Wildman–Crippen MR) is 151 cm³/mol. The summed E-state index contributed by atoms with van der Waals surface area (Å²) in [5.74, 6) is -0.893. The molecular weight excluding hydrogens is 543 g/mol. The second-order valence-corrected chi connectivity index (χ2v) is 15.3. The van der Waals surface area contributed by atoms with Gasteiger partial charge in [0.05, 0.1) is 5.60 Å². The van der Waals surface area contributed by atoms with E-state index in [0.717, 1.165) is 82.8 Å². The Hall–Kier alpha value is -0.630. The van der Waals surface area contributed by atoms with Crippen LogP contribution < -0.4 is 0 Å². The molecule has 1 N–H and O–H groups in total. The van der Waals surface area contributed by atoms with Crippen molar-refractivity contribution in [3.8, 4) is 0 Å². The number of allylic oxidation sites excluding steroid dienone is 1. The van der Waals surface area contributed by atoms with E-state index >= 15 is 0 Å². The number of carbonyl (C=O) groups is 1. The number of halogens is 5. The van der Waals surface area contributed by atoms with Crippen molar-refractivity contribution in [1.82, 2.24) is 0 Å². The molecule has 3 saturated carbocycles. The third-order valence-corrected chi connectivity index (χ3v) is 12.9. The van der Waals surface area contributed by atoms with E-state index in [2.05, 4.69) is 13.8 Å². The summed E-state index contributed by atoms with van der Waals surface area (Å²) in [5.41, 5.74) is 0.859. The number of fused-ring (bicyclic) bond motifs is 5. The first-order valence-electron chi connectivity index (χ1n) is 15.6. The lowest BCUT2D eigenvalue weighted by Crippen LogP contribution is -2.56. The van der Waals surface area contributed by atoms with Crippen molar-refractivity contribution in [2.24, 2.45) is 34.5 Å². The van der Waals surface area contributed by atoms with Crippen LogP contribution in [0.5, 0.6) is 0 Å². The normalized spacial score (nSPS) is 38.0. The molecule has 4 rings (SSSR count). The number of aliphatic hydroxyl groups is 1. The largest absolute Gasteiger partial charge is 0.453 e. The molecule has 0 bridgehead atoms. The topological polar surface area (TPSA) is 37.3 Å². The Morgan fingerprint density at radius 2 is 1.55 bits per heavy atom. The van der Waals surface area contributed by atoms with Gasteiger partial charge in [0.15, 0.2) is 5.78 Å². The van der Waals surface area contributed by atoms with E-state index < -0.39 is 24.1 Å². The minimum atomic E-state index is -5.45. The molecule has 8 heteroatoms. The van der Waals surface area contributed by atoms with Crippen LogP contribution in [0.2, 0.25) is 0 Å². The van der Waals surface area contributed by atoms with E-state index in [1.165, 1.54) is 17.3 Å². The number of hydrogen-bond acceptors (Lipinski definition) is 3. The molecule has 7 atom stereocenters. The average Bonchev–Trinajstić information content (AvgIpc) is 3.11. The molecular formula is C32H49F5O2S. The molecule has 3 fully saturated rings. The fourth-order valence-corrected chi connectivity index (χ4v) is 9.99. The number of hydrogen-bond donors (Lipinski definition) is 1. The molecule has 40 heavy (non-hydrogen) atoms. The summed E-state index contributed by atoms with van der Waals surface area (Å²) >= 11 is 1.47. The summed E-state index contributed by atoms with van der Waals surface area (Å²) in [5, 5.41) is 11.4. The van der Waals surface area contributed by atoms with E-state index in [0.29, 0.717) is 35.8 Å². The van der Waals surface area contributed by atoms with E-state index in [-0.39, 0.29) is 23.0 Å². The Bertz CT molecular complexity index is 931. The molecule has 0 heterocycles. The van der Waals surface area contributed by atoms with Crippen LogP contribution in [0.1, 0.15) is 117 Å². The summed E-state index contributed by atoms with van der Waals surface area (Å²) in [7, 11) is 0. The molecule has 0 aromatic rings. The third-order valence-electron chi connectivity index (χ3n) is 11.8. The molecule has 2 nitrogen and oxygen atoms in total. The Balaban J connectivity index is 1.24. The van der Waals surface area contributed by atoms with Crippen molar-refractivity contribution in [2.75, 3.05) is 11.5 Å². The van der Waals surface area contributed by atoms with Crippen LogP contribution in [-0.4, -0.2) is 40.1 Å². The minimum absolute atomic E-state index is 0.0329. The molecule has 3 unspecified atom stereocenters. The van der Waals surface area contributed by atoms with Gasteiger partial charge in [-0.2, -0.15) is 33.7 Å². The van der Waals surface area contributed by atoms with Crippen LogP contribution >= 0.6 is 11.8 Å². The second-order valence-electron chi connectivity index (χ2n) is 14.1. The molecule has 230 valence electrons. The lowest BCUT2D eigenvalue weighted by Gasteiger charge is -2.61. The van der Waals surface area contributed by atoms with Crippen LogP contribution in [0.3, 0.4) is 0 Å². The molecule has 4 aliphatic rings. The van der Waals surface area contributed by atoms with E-state index in [9.17, 15) is 31.9 Å². The van der Waals surface area contributed by atoms with Crippen molar-refractivity contribution < 1.29 is 31.9 Å². The second kappa shape index (κ2) is 12.2. The van der Waals surface area contributed by atoms with Gasteiger partial charge in [0.25, 0.3) is 0 Å². The quantitative estimate of drug-likeness (QED) is 0.181. The van der Waals surface area contributed by atoms with Gasteiger partial charge in [0.2, 0.25) is 0 Å². The summed E-state index contributed by atoms with van der Waals surface area (Å²) in [6.45, 7) is 6.79. The zero-order valence-corrected chi connectivity index (χ0v) is 25.4. The summed E-state index contributed by atoms with van der Waals surface area (Å²) in [6.07, 6.45) is 8.62. The van der Waals surface area contributed by atoms with Gasteiger partial charge in [-0.3, -0.25) is 4.79 Å². The third kappa shape index (κ3) is 6.33. The number of carbonyl (C=O) groups excluding carboxylic acids is 1. The predicted octanol–water partition coefficient (Wildman–Crippen LogP) is 9.55. The smallest absolute Gasteiger partial charge is 0.390 e. The Labute approximate surface area is 241 Å². The van der Waals surface area contributed by atoms with Crippen LogP contribution in [0.25, 0.3) is 0 Å². The highest BCUT2D eigenvalue weighted by Gasteiger charge is 2.64. The van der Waals surface area contributed by atoms with Crippen molar-refractivity contribution in [3.05, 3.63) is 11.6 Å². The molecule has 0 spiro atoms. The number of unbranched alkanes of at least 4 members (excludes halogenated alkanes) is 4. The van der Waals surface area contributed by atoms with Gasteiger partial charge < -0.3 is 5.11 Å². The summed E-state index contributed by atoms with van der Waals surface area (Å²) in [4.78, 5) is 12.4. The summed E-state index contributed by atoms with van der Waals surface area (Å²) < 4.78 is 62.7. The SMILES string of the molecule is C[C@]12CCC(=O)C=C1C[C@@H](CCCCCCCSCCCC(F)(F)C(F)(F)F)C1C2CC[C@@]2(C)C1CC[C@]2(C)O. The zero-order valence-electron chi connectivity index (χ0n) is 24.6. The van der Waals surface area contributed by atoms with Crippen LogP contribution in [0, 0.1) is 34.5 Å². The van der Waals surface area contributed by atoms with Gasteiger partial charge in [-0.15, -0.1) is 0 Å². The molecule has 0 radical (unpaired) electrons. The molecule has 0 aromatic heterocycles. The molecule has 0 saturated heterocycles. The molecule has 4 aliphatic carbocycles. The van der Waals surface area contributed by atoms with Gasteiger partial charge >= 0.3 is 12.1 Å². The van der Waals surface area contributed by atoms with Gasteiger partial charge in [0.1, 0.15) is 0 Å². The monoisotopic (exact) mass is 592 g/mol. The number of alkyl halides is 5. The maximum absolute atomic E-state index is 13.0. The van der Waals surface area contributed by atoms with Gasteiger partial charge in [-0.05, 0) is 117 Å². The fraction of sp³-hybridized carbons (Fsp3) is 0.906. The Morgan fingerprint density at radius 1 is 0.900 bits per heavy atom. The van der Waals surface area contributed by atoms with Crippen LogP contribution in [-0.2, 0) is 4.79 Å². The lowest BCUT2D eigenvalue weighted by atomic mass is 9.44. The molecule has 0 aromatic carbocycles. The van der Waals surface area contributed by atoms with Crippen molar-refractivity contribution in [1.29, 1.82) is 0 Å². The van der Waals surface area contributed by atoms with Gasteiger partial charge in [-0.25, -0.2) is 0 Å². The van der Waals surface area contributed by atoms with E-state index in [1.807, 2.05) is 13.0 Å². The standard InChI is InChI=1S/C32H49F5O2S/c1-28-15-11-24(38)21-23(28)20-22(27-25(28)12-16-29(2)26(27)13-17-30(29,3)39)10-7-5-4-6-8-18-40-19-9-14-31(33,34)32(35,36)37/h21-22,25-27,39H,4-20H2,1-3H3/t22-,25?,26?,27?,28+,29+,30+/m1/s1. The Kier molecular flexibility index (Phi) is 9.82. The fourth-order valence-electron chi connectivity index (χ4n) is 9.03. The first kappa shape index (κ1) is 32.3. The van der Waals surface area contributed by atoms with Crippen molar-refractivity contribution in [2.45, 2.75) is 135 Å². The zero-order chi connectivity index (χ0) is 29.4. The first-order chi connectivity index (χ1) is 18.6. The minimum Gasteiger partial charge on any atom is -0.390 e. The molecule has 0 amide bonds. The Morgan fingerprint density at radius 3 is 2.27 bits per heavy atom. The van der Waals surface area contributed by atoms with Crippen molar-refractivity contribution >= 4 is 17.5 Å². The van der Waals surface area contributed by atoms with Crippen LogP contribution in [0.4, 0.5) is 22.0 Å². The van der Waals surface area contributed by atoms with E-state index in [4.69, 9.17) is 0 Å². The highest BCUT2D eigenvalue weighted by molar-refractivity contribution is 7.99. The summed E-state index contributed by atoms with van der Waals surface area (Å²) in [6, 6.07) is 0. The average molecular weight is 593 g/mol. The van der Waals surface area contributed by atoms with Gasteiger partial charge in [-0.1, -0.05) is 45.1 Å². The number of ketones is 1. The highest BCUT2D eigenvalue weighted by atomic mass is 32.2. The van der Waals surface area contributed by atoms with Gasteiger partial charge in [0, 0.05) is 12.8 Å². The number of rotatable bonds is 12. The first-order valence-corrected chi connectivity index (χ1v) is 16.8.